The molecule has 6 nitrogen and oxygen atoms in total. The first-order valence-corrected chi connectivity index (χ1v) is 9.98. The molecule has 2 N–H and O–H groups in total. The van der Waals surface area contributed by atoms with Crippen LogP contribution in [0, 0.1) is 0 Å². The van der Waals surface area contributed by atoms with Crippen molar-refractivity contribution >= 4 is 17.7 Å². The maximum absolute atomic E-state index is 12.3. The van der Waals surface area contributed by atoms with Crippen molar-refractivity contribution in [3.8, 4) is 11.5 Å². The normalized spacial score (nSPS) is 10.7. The van der Waals surface area contributed by atoms with Gasteiger partial charge in [-0.3, -0.25) is 4.79 Å². The maximum Gasteiger partial charge on any atom is 0.353 e. The Hall–Kier alpha value is -3.03. The highest BCUT2D eigenvalue weighted by molar-refractivity contribution is 7.99. The number of para-hydroxylation sites is 1. The fraction of sp³-hybridized carbons (Fsp3) is 0.182. The largest absolute Gasteiger partial charge is 0.506 e. The molecule has 0 amide bonds. The summed E-state index contributed by atoms with van der Waals surface area (Å²) in [5.74, 6) is -0.240. The van der Waals surface area contributed by atoms with Crippen molar-refractivity contribution in [3.05, 3.63) is 88.0 Å². The third-order valence-corrected chi connectivity index (χ3v) is 5.21. The van der Waals surface area contributed by atoms with Gasteiger partial charge in [-0.25, -0.2) is 4.79 Å². The van der Waals surface area contributed by atoms with Gasteiger partial charge in [-0.2, -0.15) is 0 Å². The van der Waals surface area contributed by atoms with Crippen molar-refractivity contribution in [1.82, 2.24) is 0 Å². The maximum atomic E-state index is 12.3. The number of thioether (sulfide) groups is 1. The fourth-order valence-electron chi connectivity index (χ4n) is 2.72. The number of aryl methyl sites for hydroxylation is 1. The van der Waals surface area contributed by atoms with Crippen LogP contribution >= 0.6 is 11.8 Å². The molecule has 0 aliphatic carbocycles. The minimum atomic E-state index is -0.750. The van der Waals surface area contributed by atoms with E-state index >= 15 is 0 Å². The zero-order valence-electron chi connectivity index (χ0n) is 15.5. The molecule has 1 aromatic heterocycles. The van der Waals surface area contributed by atoms with E-state index in [0.717, 1.165) is 17.3 Å². The molecule has 150 valence electrons. The Morgan fingerprint density at radius 2 is 1.69 bits per heavy atom. The van der Waals surface area contributed by atoms with Gasteiger partial charge in [0.25, 0.3) is 0 Å². The van der Waals surface area contributed by atoms with E-state index < -0.39 is 18.2 Å². The molecule has 0 saturated heterocycles. The number of aliphatic hydroxyl groups excluding tert-OH is 1. The Balaban J connectivity index is 1.72. The summed E-state index contributed by atoms with van der Waals surface area (Å²) < 4.78 is 10.4. The monoisotopic (exact) mass is 412 g/mol. The van der Waals surface area contributed by atoms with E-state index in [4.69, 9.17) is 9.15 Å². The summed E-state index contributed by atoms with van der Waals surface area (Å²) in [6.45, 7) is -0.574. The summed E-state index contributed by atoms with van der Waals surface area (Å²) in [4.78, 5) is 24.5. The highest BCUT2D eigenvalue weighted by Gasteiger charge is 2.22. The van der Waals surface area contributed by atoms with Crippen molar-refractivity contribution in [2.75, 3.05) is 5.75 Å². The van der Waals surface area contributed by atoms with Crippen LogP contribution in [0.2, 0.25) is 0 Å². The molecule has 0 aliphatic heterocycles. The number of benzene rings is 2. The summed E-state index contributed by atoms with van der Waals surface area (Å²) in [6.07, 6.45) is 0.312. The predicted octanol–water partition coefficient (Wildman–Crippen LogP) is 3.32. The number of esters is 1. The lowest BCUT2D eigenvalue weighted by Crippen LogP contribution is -2.16. The second-order valence-corrected chi connectivity index (χ2v) is 7.28. The van der Waals surface area contributed by atoms with E-state index in [-0.39, 0.29) is 28.4 Å². The number of aromatic hydroxyl groups is 1. The van der Waals surface area contributed by atoms with Crippen molar-refractivity contribution in [1.29, 1.82) is 0 Å². The van der Waals surface area contributed by atoms with E-state index in [9.17, 15) is 19.8 Å². The molecule has 0 spiro atoms. The highest BCUT2D eigenvalue weighted by atomic mass is 32.2. The minimum absolute atomic E-state index is 0.0109. The lowest BCUT2D eigenvalue weighted by atomic mass is 10.1. The number of carbonyl (C=O) groups is 1. The number of aliphatic hydroxyl groups is 1. The SMILES string of the molecule is O=C(Cc1oc(=O)c(SCCc2ccccc2)c(O)c1CO)Oc1ccccc1. The Kier molecular flexibility index (Phi) is 7.10. The molecule has 0 radical (unpaired) electrons. The second kappa shape index (κ2) is 9.95. The quantitative estimate of drug-likeness (QED) is 0.333. The van der Waals surface area contributed by atoms with Gasteiger partial charge in [0.15, 0.2) is 0 Å². The molecule has 2 aromatic carbocycles. The Bertz CT molecular complexity index is 1010. The first-order chi connectivity index (χ1) is 14.1. The van der Waals surface area contributed by atoms with Crippen LogP contribution in [0.15, 0.2) is 74.8 Å². The van der Waals surface area contributed by atoms with Gasteiger partial charge < -0.3 is 19.4 Å². The molecule has 0 aliphatic rings. The summed E-state index contributed by atoms with van der Waals surface area (Å²) >= 11 is 1.14. The van der Waals surface area contributed by atoms with E-state index in [1.54, 1.807) is 30.3 Å². The van der Waals surface area contributed by atoms with E-state index in [1.165, 1.54) is 0 Å². The van der Waals surface area contributed by atoms with Crippen LogP contribution in [0.1, 0.15) is 16.9 Å². The van der Waals surface area contributed by atoms with Crippen LogP contribution in [0.4, 0.5) is 0 Å². The zero-order chi connectivity index (χ0) is 20.6. The molecule has 0 fully saturated rings. The third-order valence-electron chi connectivity index (χ3n) is 4.16. The first kappa shape index (κ1) is 20.7. The van der Waals surface area contributed by atoms with E-state index in [1.807, 2.05) is 30.3 Å². The number of rotatable bonds is 8. The van der Waals surface area contributed by atoms with Crippen molar-refractivity contribution in [2.24, 2.45) is 0 Å². The zero-order valence-corrected chi connectivity index (χ0v) is 16.4. The average molecular weight is 412 g/mol. The molecule has 3 aromatic rings. The molecule has 0 unspecified atom stereocenters. The van der Waals surface area contributed by atoms with Crippen LogP contribution in [0.25, 0.3) is 0 Å². The number of ether oxygens (including phenoxy) is 1. The third kappa shape index (κ3) is 5.49. The molecule has 0 saturated carbocycles. The summed E-state index contributed by atoms with van der Waals surface area (Å²) in [6, 6.07) is 18.2. The van der Waals surface area contributed by atoms with Crippen LogP contribution in [-0.4, -0.2) is 21.9 Å². The summed E-state index contributed by atoms with van der Waals surface area (Å²) in [5.41, 5.74) is 0.364. The number of hydrogen-bond donors (Lipinski definition) is 2. The molecular formula is C22H20O6S. The predicted molar refractivity (Wildman–Crippen MR) is 109 cm³/mol. The van der Waals surface area contributed by atoms with Gasteiger partial charge in [-0.15, -0.1) is 11.8 Å². The van der Waals surface area contributed by atoms with Gasteiger partial charge in [-0.1, -0.05) is 48.5 Å². The highest BCUT2D eigenvalue weighted by Crippen LogP contribution is 2.31. The van der Waals surface area contributed by atoms with Gasteiger partial charge >= 0.3 is 11.6 Å². The van der Waals surface area contributed by atoms with Gasteiger partial charge in [0.1, 0.15) is 28.6 Å². The molecule has 0 bridgehead atoms. The fourth-order valence-corrected chi connectivity index (χ4v) is 3.68. The van der Waals surface area contributed by atoms with Crippen LogP contribution in [0.3, 0.4) is 0 Å². The van der Waals surface area contributed by atoms with E-state index in [2.05, 4.69) is 0 Å². The Labute approximate surface area is 171 Å². The van der Waals surface area contributed by atoms with Crippen LogP contribution < -0.4 is 10.4 Å². The first-order valence-electron chi connectivity index (χ1n) is 8.99. The molecule has 1 heterocycles. The smallest absolute Gasteiger partial charge is 0.353 e. The summed E-state index contributed by atoms with van der Waals surface area (Å²) in [5, 5.41) is 20.1. The van der Waals surface area contributed by atoms with Crippen LogP contribution in [0.5, 0.6) is 11.5 Å². The van der Waals surface area contributed by atoms with Crippen molar-refractivity contribution < 1.29 is 24.2 Å². The summed E-state index contributed by atoms with van der Waals surface area (Å²) in [7, 11) is 0. The van der Waals surface area contributed by atoms with Gasteiger partial charge in [-0.05, 0) is 24.1 Å². The van der Waals surface area contributed by atoms with Gasteiger partial charge in [0, 0.05) is 5.75 Å². The van der Waals surface area contributed by atoms with Gasteiger partial charge in [0.05, 0.1) is 12.2 Å². The average Bonchev–Trinajstić information content (AvgIpc) is 2.72. The Morgan fingerprint density at radius 1 is 1.03 bits per heavy atom. The lowest BCUT2D eigenvalue weighted by Gasteiger charge is -2.11. The standard InChI is InChI=1S/C22H20O6S/c23-14-17-18(13-19(24)27-16-9-5-2-6-10-16)28-22(26)21(20(17)25)29-12-11-15-7-3-1-4-8-15/h1-10,23,25H,11-14H2. The molecule has 3 rings (SSSR count). The minimum Gasteiger partial charge on any atom is -0.506 e. The van der Waals surface area contributed by atoms with Crippen molar-refractivity contribution in [3.63, 3.8) is 0 Å². The molecular weight excluding hydrogens is 392 g/mol. The topological polar surface area (TPSA) is 97.0 Å². The Morgan fingerprint density at radius 3 is 2.34 bits per heavy atom. The lowest BCUT2D eigenvalue weighted by molar-refractivity contribution is -0.133. The molecule has 29 heavy (non-hydrogen) atoms. The van der Waals surface area contributed by atoms with Crippen LogP contribution in [-0.2, 0) is 24.2 Å². The number of carbonyl (C=O) groups excluding carboxylic acids is 1. The van der Waals surface area contributed by atoms with E-state index in [0.29, 0.717) is 17.9 Å². The molecule has 7 heteroatoms. The number of hydrogen-bond acceptors (Lipinski definition) is 7. The van der Waals surface area contributed by atoms with Crippen molar-refractivity contribution in [2.45, 2.75) is 24.3 Å². The second-order valence-electron chi connectivity index (χ2n) is 6.18. The van der Waals surface area contributed by atoms with Gasteiger partial charge in [0.2, 0.25) is 0 Å². The molecule has 0 atom stereocenters.